The fourth-order valence-corrected chi connectivity index (χ4v) is 4.68. The van der Waals surface area contributed by atoms with Crippen molar-refractivity contribution >= 4 is 17.8 Å². The van der Waals surface area contributed by atoms with Crippen LogP contribution in [0.3, 0.4) is 0 Å². The van der Waals surface area contributed by atoms with Gasteiger partial charge in [0.1, 0.15) is 12.2 Å². The third-order valence-electron chi connectivity index (χ3n) is 6.88. The van der Waals surface area contributed by atoms with E-state index in [2.05, 4.69) is 5.32 Å². The Bertz CT molecular complexity index is 711. The fourth-order valence-electron chi connectivity index (χ4n) is 4.68. The standard InChI is InChI=1S/C22H33FN4O4/c1-22(25-13-19(28)27-14-17(23)11-18(27)12-24)7-9-26(10-8-22)20(29)15-31-21(30)16-5-3-2-4-6-16/h16-18,25H,2-11,13-15H2,1H3/t17-,18-/m0/s1. The van der Waals surface area contributed by atoms with Crippen LogP contribution in [0.5, 0.6) is 0 Å². The summed E-state index contributed by atoms with van der Waals surface area (Å²) in [5.74, 6) is -0.800. The summed E-state index contributed by atoms with van der Waals surface area (Å²) in [5.41, 5.74) is -0.331. The summed E-state index contributed by atoms with van der Waals surface area (Å²) >= 11 is 0. The van der Waals surface area contributed by atoms with Crippen LogP contribution < -0.4 is 5.32 Å². The second-order valence-corrected chi connectivity index (χ2v) is 9.26. The van der Waals surface area contributed by atoms with Crippen LogP contribution in [0.2, 0.25) is 0 Å². The zero-order valence-electron chi connectivity index (χ0n) is 18.3. The molecule has 2 heterocycles. The summed E-state index contributed by atoms with van der Waals surface area (Å²) < 4.78 is 18.8. The molecule has 3 rings (SSSR count). The second-order valence-electron chi connectivity index (χ2n) is 9.26. The van der Waals surface area contributed by atoms with Gasteiger partial charge in [-0.3, -0.25) is 14.4 Å². The molecule has 172 valence electrons. The number of carbonyl (C=O) groups is 3. The number of nitrogens with zero attached hydrogens (tertiary/aromatic N) is 3. The molecule has 1 N–H and O–H groups in total. The topological polar surface area (TPSA) is 103 Å². The predicted octanol–water partition coefficient (Wildman–Crippen LogP) is 1.54. The first-order chi connectivity index (χ1) is 14.8. The van der Waals surface area contributed by atoms with Crippen LogP contribution >= 0.6 is 0 Å². The van der Waals surface area contributed by atoms with Crippen LogP contribution in [0.15, 0.2) is 0 Å². The van der Waals surface area contributed by atoms with Gasteiger partial charge in [0, 0.05) is 25.0 Å². The molecule has 0 aromatic rings. The lowest BCUT2D eigenvalue weighted by Gasteiger charge is -2.40. The maximum atomic E-state index is 13.5. The predicted molar refractivity (Wildman–Crippen MR) is 110 cm³/mol. The van der Waals surface area contributed by atoms with E-state index in [-0.39, 0.29) is 55.4 Å². The van der Waals surface area contributed by atoms with Gasteiger partial charge in [-0.2, -0.15) is 5.26 Å². The molecule has 1 saturated carbocycles. The van der Waals surface area contributed by atoms with Crippen LogP contribution in [-0.2, 0) is 19.1 Å². The van der Waals surface area contributed by atoms with Crippen LogP contribution in [0.4, 0.5) is 4.39 Å². The molecule has 31 heavy (non-hydrogen) atoms. The fraction of sp³-hybridized carbons (Fsp3) is 0.818. The van der Waals surface area contributed by atoms with Crippen LogP contribution in [0.25, 0.3) is 0 Å². The first kappa shape index (κ1) is 23.5. The molecule has 8 nitrogen and oxygen atoms in total. The number of hydrogen-bond acceptors (Lipinski definition) is 6. The molecule has 1 aliphatic carbocycles. The van der Waals surface area contributed by atoms with Crippen molar-refractivity contribution in [1.82, 2.24) is 15.1 Å². The van der Waals surface area contributed by atoms with E-state index < -0.39 is 12.2 Å². The number of esters is 1. The van der Waals surface area contributed by atoms with E-state index in [4.69, 9.17) is 10.00 Å². The minimum atomic E-state index is -1.15. The summed E-state index contributed by atoms with van der Waals surface area (Å²) in [6.07, 6.45) is 5.14. The van der Waals surface area contributed by atoms with Crippen molar-refractivity contribution < 1.29 is 23.5 Å². The molecular formula is C22H33FN4O4. The molecule has 3 fully saturated rings. The lowest BCUT2D eigenvalue weighted by atomic mass is 9.89. The lowest BCUT2D eigenvalue weighted by Crippen LogP contribution is -2.55. The number of carbonyl (C=O) groups excluding carboxylic acids is 3. The van der Waals surface area contributed by atoms with Gasteiger partial charge in [0.05, 0.1) is 25.1 Å². The van der Waals surface area contributed by atoms with Gasteiger partial charge in [-0.05, 0) is 32.6 Å². The molecule has 2 atom stereocenters. The Morgan fingerprint density at radius 1 is 1.16 bits per heavy atom. The molecule has 0 bridgehead atoms. The molecule has 0 aromatic carbocycles. The van der Waals surface area contributed by atoms with E-state index in [1.807, 2.05) is 13.0 Å². The highest BCUT2D eigenvalue weighted by Gasteiger charge is 2.37. The smallest absolute Gasteiger partial charge is 0.309 e. The Balaban J connectivity index is 1.38. The summed E-state index contributed by atoms with van der Waals surface area (Å²) in [4.78, 5) is 40.0. The molecule has 2 amide bonds. The van der Waals surface area contributed by atoms with E-state index in [0.29, 0.717) is 25.9 Å². The Hall–Kier alpha value is -2.21. The summed E-state index contributed by atoms with van der Waals surface area (Å²) in [7, 11) is 0. The first-order valence-electron chi connectivity index (χ1n) is 11.3. The van der Waals surface area contributed by atoms with Crippen molar-refractivity contribution in [2.45, 2.75) is 76.0 Å². The number of piperidine rings is 1. The summed E-state index contributed by atoms with van der Waals surface area (Å²) in [5, 5.41) is 12.3. The molecular weight excluding hydrogens is 403 g/mol. The Kier molecular flexibility index (Phi) is 7.87. The number of ether oxygens (including phenoxy) is 1. The summed E-state index contributed by atoms with van der Waals surface area (Å²) in [6, 6.07) is 1.29. The minimum absolute atomic E-state index is 0.0304. The van der Waals surface area contributed by atoms with E-state index in [0.717, 1.165) is 32.1 Å². The molecule has 9 heteroatoms. The van der Waals surface area contributed by atoms with E-state index in [1.165, 1.54) is 4.90 Å². The second kappa shape index (κ2) is 10.4. The molecule has 0 spiro atoms. The van der Waals surface area contributed by atoms with Gasteiger partial charge < -0.3 is 19.9 Å². The number of likely N-dealkylation sites (tertiary alicyclic amines) is 2. The maximum Gasteiger partial charge on any atom is 0.309 e. The number of rotatable bonds is 6. The van der Waals surface area contributed by atoms with Gasteiger partial charge in [0.15, 0.2) is 6.61 Å². The monoisotopic (exact) mass is 436 g/mol. The number of alkyl halides is 1. The number of nitriles is 1. The summed E-state index contributed by atoms with van der Waals surface area (Å²) in [6.45, 7) is 2.80. The Morgan fingerprint density at radius 2 is 1.84 bits per heavy atom. The number of halogens is 1. The average Bonchev–Trinajstić information content (AvgIpc) is 3.17. The zero-order chi connectivity index (χ0) is 22.4. The zero-order valence-corrected chi connectivity index (χ0v) is 18.3. The number of hydrogen-bond donors (Lipinski definition) is 1. The van der Waals surface area contributed by atoms with Gasteiger partial charge in [-0.15, -0.1) is 0 Å². The van der Waals surface area contributed by atoms with E-state index >= 15 is 0 Å². The van der Waals surface area contributed by atoms with Crippen molar-refractivity contribution in [3.63, 3.8) is 0 Å². The SMILES string of the molecule is CC1(NCC(=O)N2C[C@@H](F)C[C@H]2C#N)CCN(C(=O)COC(=O)C2CCCCC2)CC1. The quantitative estimate of drug-likeness (QED) is 0.634. The minimum Gasteiger partial charge on any atom is -0.455 e. The molecule has 3 aliphatic rings. The van der Waals surface area contributed by atoms with Crippen molar-refractivity contribution in [1.29, 1.82) is 5.26 Å². The molecule has 2 saturated heterocycles. The van der Waals surface area contributed by atoms with Crippen LogP contribution in [0, 0.1) is 17.2 Å². The van der Waals surface area contributed by atoms with Crippen molar-refractivity contribution in [3.8, 4) is 6.07 Å². The van der Waals surface area contributed by atoms with Gasteiger partial charge in [0.2, 0.25) is 5.91 Å². The van der Waals surface area contributed by atoms with Crippen LogP contribution in [0.1, 0.15) is 58.3 Å². The molecule has 0 aromatic heterocycles. The third-order valence-corrected chi connectivity index (χ3v) is 6.88. The lowest BCUT2D eigenvalue weighted by molar-refractivity contribution is -0.157. The largest absolute Gasteiger partial charge is 0.455 e. The highest BCUT2D eigenvalue weighted by atomic mass is 19.1. The van der Waals surface area contributed by atoms with Crippen molar-refractivity contribution in [2.24, 2.45) is 5.92 Å². The van der Waals surface area contributed by atoms with Gasteiger partial charge in [0.25, 0.3) is 5.91 Å². The van der Waals surface area contributed by atoms with E-state index in [1.54, 1.807) is 4.90 Å². The van der Waals surface area contributed by atoms with Crippen LogP contribution in [-0.4, -0.2) is 78.1 Å². The maximum absolute atomic E-state index is 13.5. The molecule has 0 unspecified atom stereocenters. The number of nitrogens with one attached hydrogen (secondary N) is 1. The average molecular weight is 437 g/mol. The van der Waals surface area contributed by atoms with Gasteiger partial charge >= 0.3 is 5.97 Å². The van der Waals surface area contributed by atoms with Crippen molar-refractivity contribution in [2.75, 3.05) is 32.8 Å². The van der Waals surface area contributed by atoms with E-state index in [9.17, 15) is 18.8 Å². The number of amides is 2. The van der Waals surface area contributed by atoms with Gasteiger partial charge in [-0.1, -0.05) is 19.3 Å². The Morgan fingerprint density at radius 3 is 2.48 bits per heavy atom. The molecule has 2 aliphatic heterocycles. The highest BCUT2D eigenvalue weighted by Crippen LogP contribution is 2.25. The third kappa shape index (κ3) is 6.16. The normalized spacial score (nSPS) is 26.4. The highest BCUT2D eigenvalue weighted by molar-refractivity contribution is 5.81. The first-order valence-corrected chi connectivity index (χ1v) is 11.3. The van der Waals surface area contributed by atoms with Crippen molar-refractivity contribution in [3.05, 3.63) is 0 Å². The molecule has 0 radical (unpaired) electrons. The van der Waals surface area contributed by atoms with Gasteiger partial charge in [-0.25, -0.2) is 4.39 Å². The Labute approximate surface area is 183 Å².